The molecule has 4 rings (SSSR count). The normalized spacial score (nSPS) is 12.0. The van der Waals surface area contributed by atoms with Gasteiger partial charge in [0.15, 0.2) is 0 Å². The largest absolute Gasteiger partial charge is 0.361 e. The number of para-hydroxylation sites is 2. The van der Waals surface area contributed by atoms with Crippen LogP contribution in [-0.2, 0) is 17.8 Å². The van der Waals surface area contributed by atoms with Crippen LogP contribution in [0.25, 0.3) is 21.9 Å². The van der Waals surface area contributed by atoms with Crippen molar-refractivity contribution in [1.29, 1.82) is 0 Å². The zero-order chi connectivity index (χ0) is 17.9. The summed E-state index contributed by atoms with van der Waals surface area (Å²) in [6.07, 6.45) is 2.13. The fourth-order valence-corrected chi connectivity index (χ4v) is 2.93. The van der Waals surface area contributed by atoms with Crippen molar-refractivity contribution in [3.63, 3.8) is 0 Å². The van der Waals surface area contributed by atoms with Gasteiger partial charge in [-0.1, -0.05) is 35.5 Å². The maximum Gasteiger partial charge on any atom is 0.244 e. The summed E-state index contributed by atoms with van der Waals surface area (Å²) < 4.78 is 1.76. The summed E-state index contributed by atoms with van der Waals surface area (Å²) in [5.74, 6) is -0.155. The van der Waals surface area contributed by atoms with Crippen LogP contribution in [-0.4, -0.2) is 31.6 Å². The Balaban J connectivity index is 1.41. The molecule has 0 saturated heterocycles. The lowest BCUT2D eigenvalue weighted by atomic mass is 10.1. The smallest absolute Gasteiger partial charge is 0.244 e. The van der Waals surface area contributed by atoms with Crippen LogP contribution in [0.3, 0.4) is 0 Å². The summed E-state index contributed by atoms with van der Waals surface area (Å²) in [4.78, 5) is 15.4. The number of aromatic amines is 1. The highest BCUT2D eigenvalue weighted by Crippen LogP contribution is 2.17. The molecule has 7 heteroatoms. The van der Waals surface area contributed by atoms with Crippen LogP contribution >= 0.6 is 0 Å². The summed E-state index contributed by atoms with van der Waals surface area (Å²) in [5.41, 5.74) is 7.11. The molecule has 130 valence electrons. The minimum absolute atomic E-state index is 0.155. The van der Waals surface area contributed by atoms with Gasteiger partial charge in [-0.3, -0.25) is 4.79 Å². The third kappa shape index (κ3) is 3.19. The zero-order valence-electron chi connectivity index (χ0n) is 14.3. The number of nitrogens with one attached hydrogen (secondary N) is 2. The molecule has 0 aliphatic rings. The van der Waals surface area contributed by atoms with Gasteiger partial charge >= 0.3 is 0 Å². The molecule has 0 bridgehead atoms. The van der Waals surface area contributed by atoms with Gasteiger partial charge in [-0.2, -0.15) is 5.10 Å². The molecule has 2 heterocycles. The average molecular weight is 346 g/mol. The second-order valence-corrected chi connectivity index (χ2v) is 6.15. The van der Waals surface area contributed by atoms with Crippen LogP contribution in [0.1, 0.15) is 12.5 Å². The van der Waals surface area contributed by atoms with Crippen molar-refractivity contribution in [2.75, 3.05) is 0 Å². The van der Waals surface area contributed by atoms with E-state index in [2.05, 4.69) is 25.8 Å². The van der Waals surface area contributed by atoms with Crippen molar-refractivity contribution >= 4 is 33.6 Å². The highest BCUT2D eigenvalue weighted by Gasteiger charge is 2.09. The number of hydrogen-bond donors (Lipinski definition) is 2. The van der Waals surface area contributed by atoms with E-state index in [0.717, 1.165) is 33.2 Å². The van der Waals surface area contributed by atoms with Gasteiger partial charge in [0, 0.05) is 17.1 Å². The Kier molecular flexibility index (Phi) is 4.18. The Bertz CT molecular complexity index is 1110. The monoisotopic (exact) mass is 346 g/mol. The quantitative estimate of drug-likeness (QED) is 0.430. The lowest BCUT2D eigenvalue weighted by molar-refractivity contribution is -0.120. The predicted molar refractivity (Wildman–Crippen MR) is 101 cm³/mol. The maximum atomic E-state index is 12.2. The first-order valence-electron chi connectivity index (χ1n) is 8.36. The summed E-state index contributed by atoms with van der Waals surface area (Å²) in [6, 6.07) is 15.6. The number of hydrazone groups is 1. The van der Waals surface area contributed by atoms with Crippen LogP contribution in [0.4, 0.5) is 0 Å². The fourth-order valence-electron chi connectivity index (χ4n) is 2.93. The highest BCUT2D eigenvalue weighted by molar-refractivity contribution is 5.90. The van der Waals surface area contributed by atoms with E-state index in [4.69, 9.17) is 0 Å². The molecule has 7 nitrogen and oxygen atoms in total. The van der Waals surface area contributed by atoms with Crippen LogP contribution in [0.2, 0.25) is 0 Å². The van der Waals surface area contributed by atoms with Crippen LogP contribution in [0.15, 0.2) is 59.8 Å². The minimum Gasteiger partial charge on any atom is -0.361 e. The molecule has 2 aromatic carbocycles. The number of fused-ring (bicyclic) bond motifs is 2. The molecule has 0 spiro atoms. The molecule has 0 saturated carbocycles. The van der Waals surface area contributed by atoms with Crippen LogP contribution in [0.5, 0.6) is 0 Å². The van der Waals surface area contributed by atoms with Crippen molar-refractivity contribution in [3.8, 4) is 0 Å². The van der Waals surface area contributed by atoms with Gasteiger partial charge in [0.05, 0.1) is 24.2 Å². The highest BCUT2D eigenvalue weighted by atomic mass is 16.2. The molecule has 0 aliphatic heterocycles. The molecule has 0 fully saturated rings. The van der Waals surface area contributed by atoms with Crippen LogP contribution in [0, 0.1) is 0 Å². The molecular formula is C19H18N6O. The molecule has 0 radical (unpaired) electrons. The van der Waals surface area contributed by atoms with E-state index in [1.54, 1.807) is 4.68 Å². The first-order chi connectivity index (χ1) is 12.7. The summed E-state index contributed by atoms with van der Waals surface area (Å²) in [5, 5.41) is 13.5. The standard InChI is InChI=1S/C19H18N6O/c1-13(12-25-18-9-5-4-8-17(18)22-24-25)21-23-19(26)10-14-11-20-16-7-3-2-6-15(14)16/h2-9,11,20H,10,12H2,1H3,(H,23,26). The Labute approximate surface area is 149 Å². The van der Waals surface area contributed by atoms with Gasteiger partial charge in [0.1, 0.15) is 5.52 Å². The number of carbonyl (C=O) groups is 1. The van der Waals surface area contributed by atoms with Crippen molar-refractivity contribution < 1.29 is 4.79 Å². The Morgan fingerprint density at radius 2 is 2.00 bits per heavy atom. The molecule has 26 heavy (non-hydrogen) atoms. The lowest BCUT2D eigenvalue weighted by Crippen LogP contribution is -2.22. The number of amides is 1. The number of H-pyrrole nitrogens is 1. The molecule has 2 N–H and O–H groups in total. The number of benzene rings is 2. The summed E-state index contributed by atoms with van der Waals surface area (Å²) >= 11 is 0. The first-order valence-corrected chi connectivity index (χ1v) is 8.36. The lowest BCUT2D eigenvalue weighted by Gasteiger charge is -2.04. The number of hydrogen-bond acceptors (Lipinski definition) is 4. The van der Waals surface area contributed by atoms with Gasteiger partial charge < -0.3 is 4.98 Å². The van der Waals surface area contributed by atoms with E-state index in [1.807, 2.05) is 61.7 Å². The van der Waals surface area contributed by atoms with Crippen molar-refractivity contribution in [2.24, 2.45) is 5.10 Å². The van der Waals surface area contributed by atoms with Gasteiger partial charge in [-0.05, 0) is 30.7 Å². The fraction of sp³-hybridized carbons (Fsp3) is 0.158. The summed E-state index contributed by atoms with van der Waals surface area (Å²) in [6.45, 7) is 2.32. The van der Waals surface area contributed by atoms with E-state index in [9.17, 15) is 4.79 Å². The Morgan fingerprint density at radius 1 is 1.19 bits per heavy atom. The molecular weight excluding hydrogens is 328 g/mol. The van der Waals surface area contributed by atoms with E-state index in [1.165, 1.54) is 0 Å². The Morgan fingerprint density at radius 3 is 2.92 bits per heavy atom. The van der Waals surface area contributed by atoms with Crippen molar-refractivity contribution in [1.82, 2.24) is 25.4 Å². The second kappa shape index (κ2) is 6.79. The van der Waals surface area contributed by atoms with Gasteiger partial charge in [-0.25, -0.2) is 10.1 Å². The summed E-state index contributed by atoms with van der Waals surface area (Å²) in [7, 11) is 0. The molecule has 0 unspecified atom stereocenters. The molecule has 2 aromatic heterocycles. The third-order valence-corrected chi connectivity index (χ3v) is 4.20. The predicted octanol–water partition coefficient (Wildman–Crippen LogP) is 2.65. The maximum absolute atomic E-state index is 12.2. The number of carbonyl (C=O) groups excluding carboxylic acids is 1. The zero-order valence-corrected chi connectivity index (χ0v) is 14.3. The van der Waals surface area contributed by atoms with E-state index in [-0.39, 0.29) is 12.3 Å². The minimum atomic E-state index is -0.155. The molecule has 0 aliphatic carbocycles. The van der Waals surface area contributed by atoms with Crippen molar-refractivity contribution in [3.05, 3.63) is 60.3 Å². The number of rotatable bonds is 5. The van der Waals surface area contributed by atoms with E-state index >= 15 is 0 Å². The number of aromatic nitrogens is 4. The van der Waals surface area contributed by atoms with Crippen LogP contribution < -0.4 is 5.43 Å². The Hall–Kier alpha value is -3.48. The number of nitrogens with zero attached hydrogens (tertiary/aromatic N) is 4. The molecule has 4 aromatic rings. The van der Waals surface area contributed by atoms with Gasteiger partial charge in [-0.15, -0.1) is 5.10 Å². The SMILES string of the molecule is CC(Cn1nnc2ccccc21)=NNC(=O)Cc1c[nH]c2ccccc12. The third-order valence-electron chi connectivity index (χ3n) is 4.20. The van der Waals surface area contributed by atoms with Crippen molar-refractivity contribution in [2.45, 2.75) is 19.9 Å². The average Bonchev–Trinajstić information content (AvgIpc) is 3.25. The second-order valence-electron chi connectivity index (χ2n) is 6.15. The van der Waals surface area contributed by atoms with E-state index in [0.29, 0.717) is 6.54 Å². The topological polar surface area (TPSA) is 88.0 Å². The van der Waals surface area contributed by atoms with E-state index < -0.39 is 0 Å². The molecule has 1 amide bonds. The molecule has 0 atom stereocenters. The van der Waals surface area contributed by atoms with Gasteiger partial charge in [0.25, 0.3) is 0 Å². The van der Waals surface area contributed by atoms with Gasteiger partial charge in [0.2, 0.25) is 5.91 Å². The first kappa shape index (κ1) is 16.0.